The van der Waals surface area contributed by atoms with Crippen molar-refractivity contribution in [3.63, 3.8) is 0 Å². The van der Waals surface area contributed by atoms with E-state index in [-0.39, 0.29) is 17.6 Å². The fraction of sp³-hybridized carbons (Fsp3) is 0.125. The molecule has 0 unspecified atom stereocenters. The highest BCUT2D eigenvalue weighted by Crippen LogP contribution is 2.24. The lowest BCUT2D eigenvalue weighted by Crippen LogP contribution is -2.26. The van der Waals surface area contributed by atoms with E-state index in [0.717, 1.165) is 6.07 Å². The number of aromatic nitrogens is 2. The molecule has 0 radical (unpaired) electrons. The Labute approximate surface area is 155 Å². The number of hydrogen-bond acceptors (Lipinski definition) is 4. The van der Waals surface area contributed by atoms with Crippen molar-refractivity contribution in [1.29, 1.82) is 0 Å². The van der Waals surface area contributed by atoms with Crippen molar-refractivity contribution in [1.82, 2.24) is 9.36 Å². The predicted molar refractivity (Wildman–Crippen MR) is 96.1 cm³/mol. The molecule has 1 N–H and O–H groups in total. The molecule has 0 amide bonds. The maximum Gasteiger partial charge on any atom is 0.325 e. The van der Waals surface area contributed by atoms with Crippen molar-refractivity contribution in [2.24, 2.45) is 0 Å². The van der Waals surface area contributed by atoms with Gasteiger partial charge in [-0.05, 0) is 23.8 Å². The lowest BCUT2D eigenvalue weighted by molar-refractivity contribution is -0.384. The van der Waals surface area contributed by atoms with Gasteiger partial charge in [0.15, 0.2) is 0 Å². The zero-order valence-electron chi connectivity index (χ0n) is 13.1. The number of carbonyl (C=O) groups is 1. The molecule has 0 aliphatic carbocycles. The lowest BCUT2D eigenvalue weighted by atomic mass is 10.2. The number of non-ortho nitro benzene ring substituents is 1. The number of carboxylic acid groups (broad SMARTS) is 1. The Hall–Kier alpha value is -2.84. The Morgan fingerprint density at radius 3 is 2.46 bits per heavy atom. The molecule has 0 saturated heterocycles. The summed E-state index contributed by atoms with van der Waals surface area (Å²) in [5.74, 6) is -1.15. The van der Waals surface area contributed by atoms with Crippen molar-refractivity contribution in [2.45, 2.75) is 13.1 Å². The van der Waals surface area contributed by atoms with E-state index < -0.39 is 23.0 Å². The smallest absolute Gasteiger partial charge is 0.325 e. The van der Waals surface area contributed by atoms with Crippen LogP contribution in [-0.4, -0.2) is 25.4 Å². The number of nitro benzene ring substituents is 1. The summed E-state index contributed by atoms with van der Waals surface area (Å²) in [6.07, 6.45) is 0. The van der Waals surface area contributed by atoms with Gasteiger partial charge in [0.1, 0.15) is 6.54 Å². The highest BCUT2D eigenvalue weighted by molar-refractivity contribution is 6.42. The van der Waals surface area contributed by atoms with Gasteiger partial charge in [-0.25, -0.2) is 4.68 Å². The number of benzene rings is 2. The molecule has 0 spiro atoms. The van der Waals surface area contributed by atoms with Crippen LogP contribution in [0.25, 0.3) is 10.9 Å². The van der Waals surface area contributed by atoms with Gasteiger partial charge in [0.2, 0.25) is 0 Å². The molecular weight excluding hydrogens is 385 g/mol. The molecule has 10 heteroatoms. The summed E-state index contributed by atoms with van der Waals surface area (Å²) in [7, 11) is 0. The number of nitrogens with zero attached hydrogens (tertiary/aromatic N) is 3. The monoisotopic (exact) mass is 395 g/mol. The van der Waals surface area contributed by atoms with Crippen LogP contribution in [0, 0.1) is 10.1 Å². The van der Waals surface area contributed by atoms with E-state index in [1.54, 1.807) is 18.2 Å². The molecule has 8 nitrogen and oxygen atoms in total. The second-order valence-electron chi connectivity index (χ2n) is 5.52. The minimum atomic E-state index is -1.15. The fourth-order valence-electron chi connectivity index (χ4n) is 2.68. The van der Waals surface area contributed by atoms with E-state index in [1.165, 1.54) is 21.5 Å². The maximum absolute atomic E-state index is 12.7. The number of halogens is 2. The topological polar surface area (TPSA) is 107 Å². The van der Waals surface area contributed by atoms with Crippen molar-refractivity contribution >= 4 is 45.8 Å². The van der Waals surface area contributed by atoms with E-state index in [2.05, 4.69) is 0 Å². The van der Waals surface area contributed by atoms with Crippen LogP contribution in [0.15, 0.2) is 41.2 Å². The molecule has 3 rings (SSSR count). The molecule has 0 atom stereocenters. The predicted octanol–water partition coefficient (Wildman–Crippen LogP) is 3.15. The molecule has 26 heavy (non-hydrogen) atoms. The van der Waals surface area contributed by atoms with Crippen molar-refractivity contribution in [3.05, 3.63) is 72.5 Å². The highest BCUT2D eigenvalue weighted by Gasteiger charge is 2.18. The van der Waals surface area contributed by atoms with Gasteiger partial charge >= 0.3 is 5.97 Å². The first-order chi connectivity index (χ1) is 12.3. The van der Waals surface area contributed by atoms with Crippen molar-refractivity contribution in [2.75, 3.05) is 0 Å². The summed E-state index contributed by atoms with van der Waals surface area (Å²) in [6, 6.07) is 8.53. The second-order valence-corrected chi connectivity index (χ2v) is 6.34. The van der Waals surface area contributed by atoms with E-state index in [4.69, 9.17) is 28.3 Å². The number of hydrogen-bond donors (Lipinski definition) is 1. The molecule has 0 saturated carbocycles. The molecule has 2 aromatic carbocycles. The molecule has 1 heterocycles. The fourth-order valence-corrected chi connectivity index (χ4v) is 3.00. The zero-order valence-corrected chi connectivity index (χ0v) is 14.6. The molecule has 0 aliphatic rings. The minimum Gasteiger partial charge on any atom is -0.480 e. The van der Waals surface area contributed by atoms with Crippen molar-refractivity contribution < 1.29 is 14.8 Å². The van der Waals surface area contributed by atoms with Crippen LogP contribution in [0.1, 0.15) is 5.56 Å². The average molecular weight is 396 g/mol. The first kappa shape index (κ1) is 18.0. The first-order valence-corrected chi connectivity index (χ1v) is 8.07. The Morgan fingerprint density at radius 1 is 1.12 bits per heavy atom. The third kappa shape index (κ3) is 3.29. The van der Waals surface area contributed by atoms with Gasteiger partial charge in [0, 0.05) is 12.1 Å². The molecule has 134 valence electrons. The van der Waals surface area contributed by atoms with Gasteiger partial charge in [-0.15, -0.1) is 0 Å². The zero-order chi connectivity index (χ0) is 19.0. The Bertz CT molecular complexity index is 1100. The lowest BCUT2D eigenvalue weighted by Gasteiger charge is -2.11. The van der Waals surface area contributed by atoms with Crippen LogP contribution in [0.3, 0.4) is 0 Å². The molecule has 0 fully saturated rings. The van der Waals surface area contributed by atoms with Gasteiger partial charge in [0.05, 0.1) is 32.4 Å². The molecule has 1 aromatic heterocycles. The SMILES string of the molecule is O=C(O)Cn1c2ccc([N+](=O)[O-])cc2c(=O)n1Cc1ccc(Cl)c(Cl)c1. The van der Waals surface area contributed by atoms with Gasteiger partial charge in [-0.2, -0.15) is 0 Å². The van der Waals surface area contributed by atoms with Gasteiger partial charge < -0.3 is 5.11 Å². The summed E-state index contributed by atoms with van der Waals surface area (Å²) in [4.78, 5) is 34.3. The normalized spacial score (nSPS) is 11.0. The Morgan fingerprint density at radius 2 is 1.85 bits per heavy atom. The van der Waals surface area contributed by atoms with Crippen LogP contribution in [-0.2, 0) is 17.9 Å². The van der Waals surface area contributed by atoms with E-state index in [1.807, 2.05) is 0 Å². The van der Waals surface area contributed by atoms with Crippen LogP contribution in [0.4, 0.5) is 5.69 Å². The molecule has 3 aromatic rings. The van der Waals surface area contributed by atoms with E-state index in [0.29, 0.717) is 21.1 Å². The van der Waals surface area contributed by atoms with Crippen molar-refractivity contribution in [3.8, 4) is 0 Å². The number of nitro groups is 1. The molecule has 0 bridgehead atoms. The summed E-state index contributed by atoms with van der Waals surface area (Å²) in [5.41, 5.74) is 0.147. The quantitative estimate of drug-likeness (QED) is 0.527. The third-order valence-electron chi connectivity index (χ3n) is 3.83. The second kappa shape index (κ2) is 6.81. The van der Waals surface area contributed by atoms with Gasteiger partial charge in [0.25, 0.3) is 11.2 Å². The number of fused-ring (bicyclic) bond motifs is 1. The van der Waals surface area contributed by atoms with Crippen LogP contribution >= 0.6 is 23.2 Å². The average Bonchev–Trinajstić information content (AvgIpc) is 2.83. The number of rotatable bonds is 5. The van der Waals surface area contributed by atoms with E-state index in [9.17, 15) is 19.7 Å². The highest BCUT2D eigenvalue weighted by atomic mass is 35.5. The number of carboxylic acids is 1. The standard InChI is InChI=1S/C16H11Cl2N3O5/c17-12-3-1-9(5-13(12)18)7-20-16(24)11-6-10(21(25)26)2-4-14(11)19(20)8-15(22)23/h1-6H,7-8H2,(H,22,23). The third-order valence-corrected chi connectivity index (χ3v) is 4.57. The summed E-state index contributed by atoms with van der Waals surface area (Å²) in [5, 5.41) is 20.8. The van der Waals surface area contributed by atoms with E-state index >= 15 is 0 Å². The molecule has 0 aliphatic heterocycles. The molecular formula is C16H11Cl2N3O5. The summed E-state index contributed by atoms with van der Waals surface area (Å²) in [6.45, 7) is -0.441. The minimum absolute atomic E-state index is 0.0332. The Kier molecular flexibility index (Phi) is 4.71. The van der Waals surface area contributed by atoms with Crippen LogP contribution in [0.5, 0.6) is 0 Å². The van der Waals surface area contributed by atoms with Gasteiger partial charge in [-0.3, -0.25) is 24.4 Å². The summed E-state index contributed by atoms with van der Waals surface area (Å²) >= 11 is 11.9. The summed E-state index contributed by atoms with van der Waals surface area (Å²) < 4.78 is 2.48. The number of aliphatic carboxylic acids is 1. The van der Waals surface area contributed by atoms with Crippen LogP contribution in [0.2, 0.25) is 10.0 Å². The maximum atomic E-state index is 12.7. The first-order valence-electron chi connectivity index (χ1n) is 7.31. The van der Waals surface area contributed by atoms with Gasteiger partial charge in [-0.1, -0.05) is 29.3 Å². The largest absolute Gasteiger partial charge is 0.480 e. The van der Waals surface area contributed by atoms with Crippen LogP contribution < -0.4 is 5.56 Å². The Balaban J connectivity index is 2.19.